The Kier molecular flexibility index (Phi) is 9.26. The number of hydrogen-bond donors (Lipinski definition) is 0. The molecule has 0 spiro atoms. The summed E-state index contributed by atoms with van der Waals surface area (Å²) >= 11 is 0. The van der Waals surface area contributed by atoms with E-state index in [1.165, 1.54) is 22.3 Å². The third-order valence-corrected chi connectivity index (χ3v) is 15.5. The SMILES string of the molecule is COc1ccc(C)c([Si](c2c(C)ccc(OC)c2OC)(c2c(C)ccc(OC)c2OC)C2C(C)=C(C)C(C)=C2C)c1OC. The van der Waals surface area contributed by atoms with Gasteiger partial charge in [0.05, 0.1) is 42.7 Å². The molecule has 0 saturated heterocycles. The quantitative estimate of drug-likeness (QED) is 0.204. The summed E-state index contributed by atoms with van der Waals surface area (Å²) in [5.74, 6) is 4.16. The lowest BCUT2D eigenvalue weighted by Crippen LogP contribution is -2.72. The minimum Gasteiger partial charge on any atom is -0.493 e. The molecule has 1 aliphatic rings. The molecule has 0 radical (unpaired) electrons. The van der Waals surface area contributed by atoms with Crippen LogP contribution in [0, 0.1) is 20.8 Å². The van der Waals surface area contributed by atoms with Crippen LogP contribution in [-0.2, 0) is 0 Å². The van der Waals surface area contributed by atoms with Gasteiger partial charge in [0.15, 0.2) is 42.6 Å². The van der Waals surface area contributed by atoms with Gasteiger partial charge in [0, 0.05) is 5.54 Å². The Hall–Kier alpha value is -3.84. The Labute approximate surface area is 258 Å². The molecular formula is C36H46O6Si. The molecule has 0 unspecified atom stereocenters. The van der Waals surface area contributed by atoms with Crippen molar-refractivity contribution >= 4 is 23.6 Å². The molecule has 0 N–H and O–H groups in total. The van der Waals surface area contributed by atoms with Crippen molar-refractivity contribution in [2.75, 3.05) is 42.7 Å². The second-order valence-electron chi connectivity index (χ2n) is 11.3. The van der Waals surface area contributed by atoms with Gasteiger partial charge in [0.1, 0.15) is 0 Å². The van der Waals surface area contributed by atoms with E-state index in [1.807, 2.05) is 18.2 Å². The first-order valence-corrected chi connectivity index (χ1v) is 16.6. The smallest absolute Gasteiger partial charge is 0.174 e. The van der Waals surface area contributed by atoms with Crippen molar-refractivity contribution in [3.63, 3.8) is 0 Å². The molecule has 0 heterocycles. The van der Waals surface area contributed by atoms with Gasteiger partial charge in [-0.1, -0.05) is 29.3 Å². The van der Waals surface area contributed by atoms with Crippen molar-refractivity contribution in [1.29, 1.82) is 0 Å². The maximum Gasteiger partial charge on any atom is 0.174 e. The van der Waals surface area contributed by atoms with E-state index in [1.54, 1.807) is 42.7 Å². The van der Waals surface area contributed by atoms with E-state index >= 15 is 0 Å². The van der Waals surface area contributed by atoms with Crippen molar-refractivity contribution in [1.82, 2.24) is 0 Å². The predicted molar refractivity (Wildman–Crippen MR) is 178 cm³/mol. The maximum absolute atomic E-state index is 6.35. The van der Waals surface area contributed by atoms with Crippen molar-refractivity contribution in [2.45, 2.75) is 54.0 Å². The van der Waals surface area contributed by atoms with Gasteiger partial charge < -0.3 is 28.4 Å². The highest BCUT2D eigenvalue weighted by atomic mass is 28.3. The van der Waals surface area contributed by atoms with E-state index in [2.05, 4.69) is 66.7 Å². The van der Waals surface area contributed by atoms with Crippen molar-refractivity contribution in [3.05, 3.63) is 75.4 Å². The van der Waals surface area contributed by atoms with E-state index in [4.69, 9.17) is 28.4 Å². The topological polar surface area (TPSA) is 55.4 Å². The maximum atomic E-state index is 6.35. The number of rotatable bonds is 10. The van der Waals surface area contributed by atoms with Crippen molar-refractivity contribution < 1.29 is 28.4 Å². The lowest BCUT2D eigenvalue weighted by Gasteiger charge is -2.45. The molecule has 1 aliphatic carbocycles. The van der Waals surface area contributed by atoms with Gasteiger partial charge in [-0.05, 0) is 110 Å². The van der Waals surface area contributed by atoms with Crippen molar-refractivity contribution in [3.8, 4) is 34.5 Å². The van der Waals surface area contributed by atoms with E-state index in [0.29, 0.717) is 34.5 Å². The highest BCUT2D eigenvalue weighted by Crippen LogP contribution is 2.51. The number of methoxy groups -OCH3 is 6. The fourth-order valence-electron chi connectivity index (χ4n) is 7.35. The van der Waals surface area contributed by atoms with Crippen LogP contribution in [0.5, 0.6) is 34.5 Å². The summed E-state index contributed by atoms with van der Waals surface area (Å²) in [7, 11) is 6.84. The number of hydrogen-bond acceptors (Lipinski definition) is 6. The van der Waals surface area contributed by atoms with Crippen molar-refractivity contribution in [2.24, 2.45) is 0 Å². The summed E-state index contributed by atoms with van der Waals surface area (Å²) in [6.45, 7) is 15.5. The summed E-state index contributed by atoms with van der Waals surface area (Å²) in [5.41, 5.74) is 8.53. The van der Waals surface area contributed by atoms with Gasteiger partial charge in [-0.3, -0.25) is 0 Å². The highest BCUT2D eigenvalue weighted by molar-refractivity contribution is 7.15. The molecule has 0 aliphatic heterocycles. The Morgan fingerprint density at radius 1 is 0.419 bits per heavy atom. The molecule has 0 fully saturated rings. The van der Waals surface area contributed by atoms with Crippen LogP contribution in [-0.4, -0.2) is 50.7 Å². The molecule has 0 amide bonds. The van der Waals surface area contributed by atoms with E-state index in [-0.39, 0.29) is 5.54 Å². The lowest BCUT2D eigenvalue weighted by atomic mass is 10.1. The molecule has 0 bridgehead atoms. The third-order valence-electron chi connectivity index (χ3n) is 9.49. The average Bonchev–Trinajstić information content (AvgIpc) is 3.20. The van der Waals surface area contributed by atoms with Crippen LogP contribution in [0.4, 0.5) is 0 Å². The fraction of sp³-hybridized carbons (Fsp3) is 0.389. The second-order valence-corrected chi connectivity index (χ2v) is 15.0. The number of ether oxygens (including phenoxy) is 6. The number of allylic oxidation sites excluding steroid dienone is 4. The predicted octanol–water partition coefficient (Wildman–Crippen LogP) is 6.19. The fourth-order valence-corrected chi connectivity index (χ4v) is 14.6. The zero-order valence-corrected chi connectivity index (χ0v) is 29.0. The molecule has 230 valence electrons. The van der Waals surface area contributed by atoms with Crippen LogP contribution in [0.25, 0.3) is 0 Å². The van der Waals surface area contributed by atoms with Gasteiger partial charge in [0.25, 0.3) is 0 Å². The van der Waals surface area contributed by atoms with Gasteiger partial charge in [0.2, 0.25) is 0 Å². The molecule has 43 heavy (non-hydrogen) atoms. The molecule has 0 atom stereocenters. The lowest BCUT2D eigenvalue weighted by molar-refractivity contribution is 0.355. The van der Waals surface area contributed by atoms with Gasteiger partial charge in [-0.25, -0.2) is 0 Å². The highest BCUT2D eigenvalue weighted by Gasteiger charge is 2.57. The summed E-state index contributed by atoms with van der Waals surface area (Å²) in [6.07, 6.45) is 0. The standard InChI is InChI=1S/C36H46O6Si/c1-20-14-17-27(37-8)30(40-11)33(20)43(36-25(6)23(4)24(5)26(36)7,34-21(2)15-18-28(38-9)31(34)41-12)35-22(3)16-19-29(39-10)32(35)42-13/h14-19,36H,1-13H3. The van der Waals surface area contributed by atoms with E-state index in [9.17, 15) is 0 Å². The molecular weight excluding hydrogens is 556 g/mol. The minimum absolute atomic E-state index is 0.00776. The summed E-state index contributed by atoms with van der Waals surface area (Å²) in [5, 5.41) is 3.31. The minimum atomic E-state index is -3.40. The molecule has 7 heteroatoms. The summed E-state index contributed by atoms with van der Waals surface area (Å²) < 4.78 is 37.0. The Balaban J connectivity index is 2.53. The largest absolute Gasteiger partial charge is 0.493 e. The number of benzene rings is 3. The molecule has 4 rings (SSSR count). The zero-order valence-electron chi connectivity index (χ0n) is 28.0. The molecule has 6 nitrogen and oxygen atoms in total. The van der Waals surface area contributed by atoms with Crippen LogP contribution >= 0.6 is 0 Å². The van der Waals surface area contributed by atoms with Crippen LogP contribution in [0.3, 0.4) is 0 Å². The van der Waals surface area contributed by atoms with E-state index < -0.39 is 8.07 Å². The molecule has 3 aromatic carbocycles. The Morgan fingerprint density at radius 2 is 0.698 bits per heavy atom. The Bertz CT molecular complexity index is 1440. The summed E-state index contributed by atoms with van der Waals surface area (Å²) in [4.78, 5) is 0. The van der Waals surface area contributed by atoms with Crippen LogP contribution in [0.1, 0.15) is 44.4 Å². The summed E-state index contributed by atoms with van der Waals surface area (Å²) in [6, 6.07) is 12.4. The van der Waals surface area contributed by atoms with Crippen LogP contribution in [0.2, 0.25) is 5.54 Å². The molecule has 0 saturated carbocycles. The van der Waals surface area contributed by atoms with Crippen LogP contribution < -0.4 is 44.0 Å². The third kappa shape index (κ3) is 4.69. The van der Waals surface area contributed by atoms with Crippen LogP contribution in [0.15, 0.2) is 58.7 Å². The molecule has 0 aromatic heterocycles. The zero-order chi connectivity index (χ0) is 31.8. The van der Waals surface area contributed by atoms with Gasteiger partial charge in [-0.15, -0.1) is 0 Å². The first-order valence-electron chi connectivity index (χ1n) is 14.5. The van der Waals surface area contributed by atoms with Gasteiger partial charge in [-0.2, -0.15) is 0 Å². The number of aryl methyl sites for hydroxylation is 3. The monoisotopic (exact) mass is 602 g/mol. The normalized spacial score (nSPS) is 13.9. The Morgan fingerprint density at radius 3 is 0.930 bits per heavy atom. The first-order chi connectivity index (χ1) is 20.5. The van der Waals surface area contributed by atoms with E-state index in [0.717, 1.165) is 32.3 Å². The first kappa shape index (κ1) is 32.1. The van der Waals surface area contributed by atoms with Gasteiger partial charge >= 0.3 is 0 Å². The average molecular weight is 603 g/mol. The second kappa shape index (κ2) is 12.4. The molecule has 3 aromatic rings.